The van der Waals surface area contributed by atoms with Crippen LogP contribution in [-0.2, 0) is 6.61 Å². The van der Waals surface area contributed by atoms with Gasteiger partial charge in [-0.3, -0.25) is 0 Å². The lowest BCUT2D eigenvalue weighted by Gasteiger charge is -1.94. The smallest absolute Gasteiger partial charge is 0.153 e. The van der Waals surface area contributed by atoms with Gasteiger partial charge in [-0.1, -0.05) is 0 Å². The molecule has 0 aromatic carbocycles. The van der Waals surface area contributed by atoms with Crippen LogP contribution in [-0.4, -0.2) is 19.7 Å². The molecule has 0 aliphatic rings. The predicted octanol–water partition coefficient (Wildman–Crippen LogP) is 0.530. The van der Waals surface area contributed by atoms with Crippen molar-refractivity contribution in [1.82, 2.24) is 14.6 Å². The van der Waals surface area contributed by atoms with E-state index in [0.29, 0.717) is 5.69 Å². The van der Waals surface area contributed by atoms with Gasteiger partial charge in [-0.05, 0) is 19.1 Å². The molecule has 0 aliphatic carbocycles. The number of hydrogen-bond acceptors (Lipinski definition) is 3. The van der Waals surface area contributed by atoms with Gasteiger partial charge >= 0.3 is 0 Å². The van der Waals surface area contributed by atoms with Gasteiger partial charge in [0, 0.05) is 0 Å². The SMILES string of the molecule is Cc1cn2nc(CO)ccc2n1. The number of fused-ring (bicyclic) bond motifs is 1. The van der Waals surface area contributed by atoms with Gasteiger partial charge in [0.2, 0.25) is 0 Å². The van der Waals surface area contributed by atoms with Crippen LogP contribution in [0.25, 0.3) is 5.65 Å². The van der Waals surface area contributed by atoms with Crippen LogP contribution in [0.3, 0.4) is 0 Å². The first-order valence-corrected chi connectivity index (χ1v) is 3.72. The molecule has 0 radical (unpaired) electrons. The first-order valence-electron chi connectivity index (χ1n) is 3.72. The summed E-state index contributed by atoms with van der Waals surface area (Å²) >= 11 is 0. The number of aliphatic hydroxyl groups is 1. The number of rotatable bonds is 1. The Hall–Kier alpha value is -1.42. The van der Waals surface area contributed by atoms with Crippen LogP contribution in [0.5, 0.6) is 0 Å². The summed E-state index contributed by atoms with van der Waals surface area (Å²) < 4.78 is 1.67. The lowest BCUT2D eigenvalue weighted by atomic mass is 10.4. The lowest BCUT2D eigenvalue weighted by molar-refractivity contribution is 0.275. The molecule has 0 fully saturated rings. The molecule has 0 bridgehead atoms. The summed E-state index contributed by atoms with van der Waals surface area (Å²) in [6.07, 6.45) is 1.83. The van der Waals surface area contributed by atoms with E-state index in [1.54, 1.807) is 10.6 Å². The highest BCUT2D eigenvalue weighted by Crippen LogP contribution is 2.03. The number of imidazole rings is 1. The highest BCUT2D eigenvalue weighted by molar-refractivity contribution is 5.38. The van der Waals surface area contributed by atoms with Gasteiger partial charge in [0.05, 0.1) is 24.2 Å². The topological polar surface area (TPSA) is 50.4 Å². The van der Waals surface area contributed by atoms with Crippen molar-refractivity contribution in [2.24, 2.45) is 0 Å². The number of aliphatic hydroxyl groups excluding tert-OH is 1. The Morgan fingerprint density at radius 3 is 3.08 bits per heavy atom. The van der Waals surface area contributed by atoms with Gasteiger partial charge in [-0.25, -0.2) is 9.50 Å². The zero-order valence-corrected chi connectivity index (χ0v) is 6.73. The second-order valence-electron chi connectivity index (χ2n) is 2.67. The Labute approximate surface area is 69.5 Å². The fourth-order valence-electron chi connectivity index (χ4n) is 1.12. The van der Waals surface area contributed by atoms with E-state index < -0.39 is 0 Å². The Morgan fingerprint density at radius 1 is 1.50 bits per heavy atom. The summed E-state index contributed by atoms with van der Waals surface area (Å²) in [5.74, 6) is 0. The molecule has 12 heavy (non-hydrogen) atoms. The fraction of sp³-hybridized carbons (Fsp3) is 0.250. The predicted molar refractivity (Wildman–Crippen MR) is 43.6 cm³/mol. The summed E-state index contributed by atoms with van der Waals surface area (Å²) in [5.41, 5.74) is 2.39. The molecule has 0 spiro atoms. The second kappa shape index (κ2) is 2.57. The van der Waals surface area contributed by atoms with E-state index in [9.17, 15) is 0 Å². The molecule has 1 N–H and O–H groups in total. The average molecular weight is 163 g/mol. The summed E-state index contributed by atoms with van der Waals surface area (Å²) in [4.78, 5) is 4.21. The third kappa shape index (κ3) is 1.06. The fourth-order valence-corrected chi connectivity index (χ4v) is 1.12. The van der Waals surface area contributed by atoms with E-state index in [1.807, 2.05) is 19.2 Å². The number of aryl methyl sites for hydroxylation is 1. The normalized spacial score (nSPS) is 10.8. The van der Waals surface area contributed by atoms with Crippen molar-refractivity contribution in [3.8, 4) is 0 Å². The maximum atomic E-state index is 8.81. The van der Waals surface area contributed by atoms with Crippen molar-refractivity contribution < 1.29 is 5.11 Å². The Morgan fingerprint density at radius 2 is 2.33 bits per heavy atom. The van der Waals surface area contributed by atoms with Crippen LogP contribution in [0.15, 0.2) is 18.3 Å². The van der Waals surface area contributed by atoms with Gasteiger partial charge < -0.3 is 5.11 Å². The molecule has 62 valence electrons. The molecule has 2 heterocycles. The molecule has 0 amide bonds. The Kier molecular flexibility index (Phi) is 1.55. The van der Waals surface area contributed by atoms with Gasteiger partial charge in [-0.2, -0.15) is 5.10 Å². The van der Waals surface area contributed by atoms with Crippen LogP contribution < -0.4 is 0 Å². The Balaban J connectivity index is 2.66. The van der Waals surface area contributed by atoms with Crippen molar-refractivity contribution in [2.45, 2.75) is 13.5 Å². The van der Waals surface area contributed by atoms with Crippen molar-refractivity contribution in [3.63, 3.8) is 0 Å². The summed E-state index contributed by atoms with van der Waals surface area (Å²) in [7, 11) is 0. The van der Waals surface area contributed by atoms with Crippen LogP contribution >= 0.6 is 0 Å². The Bertz CT molecular complexity index is 408. The molecule has 2 aromatic heterocycles. The van der Waals surface area contributed by atoms with E-state index in [-0.39, 0.29) is 6.61 Å². The number of hydrogen-bond donors (Lipinski definition) is 1. The number of aromatic nitrogens is 3. The second-order valence-corrected chi connectivity index (χ2v) is 2.67. The molecular weight excluding hydrogens is 154 g/mol. The van der Waals surface area contributed by atoms with E-state index in [0.717, 1.165) is 11.3 Å². The van der Waals surface area contributed by atoms with E-state index in [4.69, 9.17) is 5.11 Å². The van der Waals surface area contributed by atoms with Crippen LogP contribution in [0, 0.1) is 6.92 Å². The van der Waals surface area contributed by atoms with Crippen molar-refractivity contribution >= 4 is 5.65 Å². The molecular formula is C8H9N3O. The van der Waals surface area contributed by atoms with Crippen LogP contribution in [0.2, 0.25) is 0 Å². The minimum atomic E-state index is -0.0346. The third-order valence-electron chi connectivity index (χ3n) is 1.66. The monoisotopic (exact) mass is 163 g/mol. The maximum absolute atomic E-state index is 8.81. The minimum absolute atomic E-state index is 0.0346. The molecule has 4 nitrogen and oxygen atoms in total. The van der Waals surface area contributed by atoms with Gasteiger partial charge in [0.15, 0.2) is 5.65 Å². The van der Waals surface area contributed by atoms with E-state index in [2.05, 4.69) is 10.1 Å². The largest absolute Gasteiger partial charge is 0.390 e. The molecule has 0 aliphatic heterocycles. The van der Waals surface area contributed by atoms with Gasteiger partial charge in [0.25, 0.3) is 0 Å². The van der Waals surface area contributed by atoms with Crippen molar-refractivity contribution in [3.05, 3.63) is 29.7 Å². The van der Waals surface area contributed by atoms with Gasteiger partial charge in [-0.15, -0.1) is 0 Å². The standard InChI is InChI=1S/C8H9N3O/c1-6-4-11-8(9-6)3-2-7(5-12)10-11/h2-4,12H,5H2,1H3. The third-order valence-corrected chi connectivity index (χ3v) is 1.66. The average Bonchev–Trinajstić information content (AvgIpc) is 2.43. The minimum Gasteiger partial charge on any atom is -0.390 e. The van der Waals surface area contributed by atoms with Crippen molar-refractivity contribution in [2.75, 3.05) is 0 Å². The highest BCUT2D eigenvalue weighted by atomic mass is 16.3. The van der Waals surface area contributed by atoms with Crippen molar-refractivity contribution in [1.29, 1.82) is 0 Å². The molecule has 0 unspecified atom stereocenters. The van der Waals surface area contributed by atoms with E-state index >= 15 is 0 Å². The first-order chi connectivity index (χ1) is 5.79. The molecule has 0 saturated carbocycles. The summed E-state index contributed by atoms with van der Waals surface area (Å²) in [6.45, 7) is 1.88. The molecule has 0 saturated heterocycles. The quantitative estimate of drug-likeness (QED) is 0.667. The maximum Gasteiger partial charge on any atom is 0.153 e. The molecule has 2 rings (SSSR count). The van der Waals surface area contributed by atoms with Crippen LogP contribution in [0.1, 0.15) is 11.4 Å². The summed E-state index contributed by atoms with van der Waals surface area (Å²) in [5, 5.41) is 12.9. The zero-order chi connectivity index (χ0) is 8.55. The summed E-state index contributed by atoms with van der Waals surface area (Å²) in [6, 6.07) is 3.60. The first kappa shape index (κ1) is 7.24. The highest BCUT2D eigenvalue weighted by Gasteiger charge is 1.98. The molecule has 0 atom stereocenters. The van der Waals surface area contributed by atoms with Crippen LogP contribution in [0.4, 0.5) is 0 Å². The lowest BCUT2D eigenvalue weighted by Crippen LogP contribution is -1.95. The van der Waals surface area contributed by atoms with E-state index in [1.165, 1.54) is 0 Å². The van der Waals surface area contributed by atoms with Gasteiger partial charge in [0.1, 0.15) is 0 Å². The zero-order valence-electron chi connectivity index (χ0n) is 6.73. The molecule has 2 aromatic rings. The number of nitrogens with zero attached hydrogens (tertiary/aromatic N) is 3. The molecule has 4 heteroatoms.